The summed E-state index contributed by atoms with van der Waals surface area (Å²) in [6, 6.07) is 14.3. The SMILES string of the molecule is CNS(=O)(=O)c1ccc(NC(=O)CSCc2ccc(C)cc2)cc1. The average molecular weight is 364 g/mol. The molecule has 0 bridgehead atoms. The van der Waals surface area contributed by atoms with Gasteiger partial charge in [0, 0.05) is 11.4 Å². The Hall–Kier alpha value is -1.83. The van der Waals surface area contributed by atoms with Gasteiger partial charge in [0.05, 0.1) is 10.6 Å². The van der Waals surface area contributed by atoms with E-state index in [0.29, 0.717) is 11.4 Å². The Balaban J connectivity index is 1.83. The standard InChI is InChI=1S/C17H20N2O3S2/c1-13-3-5-14(6-4-13)11-23-12-17(20)19-15-7-9-16(10-8-15)24(21,22)18-2/h3-10,18H,11-12H2,1-2H3,(H,19,20). The van der Waals surface area contributed by atoms with Gasteiger partial charge < -0.3 is 5.32 Å². The summed E-state index contributed by atoms with van der Waals surface area (Å²) >= 11 is 1.53. The molecule has 0 unspecified atom stereocenters. The molecule has 1 amide bonds. The fourth-order valence-corrected chi connectivity index (χ4v) is 3.50. The number of nitrogens with one attached hydrogen (secondary N) is 2. The molecule has 128 valence electrons. The van der Waals surface area contributed by atoms with Crippen molar-refractivity contribution < 1.29 is 13.2 Å². The Morgan fingerprint density at radius 1 is 1.04 bits per heavy atom. The number of anilines is 1. The zero-order valence-corrected chi connectivity index (χ0v) is 15.2. The van der Waals surface area contributed by atoms with E-state index in [1.807, 2.05) is 6.92 Å². The lowest BCUT2D eigenvalue weighted by atomic mass is 10.2. The molecule has 0 fully saturated rings. The van der Waals surface area contributed by atoms with Gasteiger partial charge in [-0.05, 0) is 43.8 Å². The minimum absolute atomic E-state index is 0.115. The molecular formula is C17H20N2O3S2. The van der Waals surface area contributed by atoms with Gasteiger partial charge in [0.1, 0.15) is 0 Å². The maximum Gasteiger partial charge on any atom is 0.240 e. The predicted octanol–water partition coefficient (Wildman–Crippen LogP) is 2.78. The summed E-state index contributed by atoms with van der Waals surface area (Å²) in [5.74, 6) is 0.994. The average Bonchev–Trinajstić information content (AvgIpc) is 2.57. The molecule has 2 rings (SSSR count). The van der Waals surface area contributed by atoms with E-state index < -0.39 is 10.0 Å². The van der Waals surface area contributed by atoms with Crippen LogP contribution in [-0.4, -0.2) is 27.1 Å². The summed E-state index contributed by atoms with van der Waals surface area (Å²) < 4.78 is 25.5. The second-order valence-electron chi connectivity index (χ2n) is 5.26. The number of carbonyl (C=O) groups excluding carboxylic acids is 1. The molecule has 24 heavy (non-hydrogen) atoms. The Morgan fingerprint density at radius 2 is 1.67 bits per heavy atom. The first-order valence-corrected chi connectivity index (χ1v) is 10.0. The number of amides is 1. The van der Waals surface area contributed by atoms with Crippen LogP contribution in [0.4, 0.5) is 5.69 Å². The summed E-state index contributed by atoms with van der Waals surface area (Å²) in [6.45, 7) is 2.04. The Morgan fingerprint density at radius 3 is 2.25 bits per heavy atom. The lowest BCUT2D eigenvalue weighted by molar-refractivity contribution is -0.113. The second-order valence-corrected chi connectivity index (χ2v) is 8.13. The normalized spacial score (nSPS) is 11.2. The van der Waals surface area contributed by atoms with Crippen LogP contribution in [-0.2, 0) is 20.6 Å². The molecule has 0 radical (unpaired) electrons. The van der Waals surface area contributed by atoms with Crippen LogP contribution in [0, 0.1) is 6.92 Å². The fourth-order valence-electron chi connectivity index (χ4n) is 1.98. The predicted molar refractivity (Wildman–Crippen MR) is 98.7 cm³/mol. The van der Waals surface area contributed by atoms with Gasteiger partial charge in [0.2, 0.25) is 15.9 Å². The van der Waals surface area contributed by atoms with E-state index >= 15 is 0 Å². The van der Waals surface area contributed by atoms with E-state index in [9.17, 15) is 13.2 Å². The number of rotatable bonds is 7. The van der Waals surface area contributed by atoms with Crippen LogP contribution in [0.25, 0.3) is 0 Å². The third-order valence-corrected chi connectivity index (χ3v) is 5.77. The Labute approximate surface area is 146 Å². The zero-order valence-electron chi connectivity index (χ0n) is 13.6. The molecule has 2 aromatic rings. The van der Waals surface area contributed by atoms with Crippen molar-refractivity contribution in [3.8, 4) is 0 Å². The molecule has 0 spiro atoms. The van der Waals surface area contributed by atoms with Crippen molar-refractivity contribution in [2.75, 3.05) is 18.1 Å². The van der Waals surface area contributed by atoms with Gasteiger partial charge in [0.15, 0.2) is 0 Å². The van der Waals surface area contributed by atoms with Crippen LogP contribution in [0.3, 0.4) is 0 Å². The van der Waals surface area contributed by atoms with Crippen LogP contribution >= 0.6 is 11.8 Å². The zero-order chi connectivity index (χ0) is 17.6. The number of hydrogen-bond acceptors (Lipinski definition) is 4. The summed E-state index contributed by atoms with van der Waals surface area (Å²) in [5.41, 5.74) is 2.97. The van der Waals surface area contributed by atoms with Crippen molar-refractivity contribution in [1.29, 1.82) is 0 Å². The molecule has 2 aromatic carbocycles. The fraction of sp³-hybridized carbons (Fsp3) is 0.235. The number of sulfonamides is 1. The van der Waals surface area contributed by atoms with Crippen LogP contribution in [0.1, 0.15) is 11.1 Å². The summed E-state index contributed by atoms with van der Waals surface area (Å²) in [5, 5.41) is 2.76. The van der Waals surface area contributed by atoms with Gasteiger partial charge in [0.25, 0.3) is 0 Å². The number of aryl methyl sites for hydroxylation is 1. The molecular weight excluding hydrogens is 344 g/mol. The van der Waals surface area contributed by atoms with Crippen LogP contribution in [0.5, 0.6) is 0 Å². The lowest BCUT2D eigenvalue weighted by Gasteiger charge is -2.07. The Bertz CT molecular complexity index is 786. The number of benzene rings is 2. The minimum atomic E-state index is -3.46. The van der Waals surface area contributed by atoms with Gasteiger partial charge in [-0.15, -0.1) is 11.8 Å². The molecule has 7 heteroatoms. The summed E-state index contributed by atoms with van der Waals surface area (Å²) in [6.07, 6.45) is 0. The van der Waals surface area contributed by atoms with E-state index in [-0.39, 0.29) is 10.8 Å². The van der Waals surface area contributed by atoms with E-state index in [0.717, 1.165) is 5.75 Å². The molecule has 0 aliphatic carbocycles. The Kier molecular flexibility index (Phi) is 6.42. The molecule has 0 aliphatic heterocycles. The van der Waals surface area contributed by atoms with E-state index in [2.05, 4.69) is 34.3 Å². The molecule has 0 saturated carbocycles. The highest BCUT2D eigenvalue weighted by atomic mass is 32.2. The first-order chi connectivity index (χ1) is 11.4. The van der Waals surface area contributed by atoms with E-state index in [1.165, 1.54) is 42.1 Å². The van der Waals surface area contributed by atoms with Crippen LogP contribution < -0.4 is 10.0 Å². The largest absolute Gasteiger partial charge is 0.325 e. The van der Waals surface area contributed by atoms with Crippen molar-refractivity contribution in [2.45, 2.75) is 17.6 Å². The van der Waals surface area contributed by atoms with Crippen molar-refractivity contribution in [3.05, 3.63) is 59.7 Å². The monoisotopic (exact) mass is 364 g/mol. The highest BCUT2D eigenvalue weighted by Crippen LogP contribution is 2.16. The first kappa shape index (κ1) is 18.5. The van der Waals surface area contributed by atoms with E-state index in [4.69, 9.17) is 0 Å². The van der Waals surface area contributed by atoms with Gasteiger partial charge in [-0.3, -0.25) is 4.79 Å². The minimum Gasteiger partial charge on any atom is -0.325 e. The third-order valence-electron chi connectivity index (χ3n) is 3.34. The maximum atomic E-state index is 11.9. The smallest absolute Gasteiger partial charge is 0.240 e. The third kappa shape index (κ3) is 5.36. The molecule has 0 heterocycles. The highest BCUT2D eigenvalue weighted by molar-refractivity contribution is 7.99. The van der Waals surface area contributed by atoms with Crippen LogP contribution in [0.2, 0.25) is 0 Å². The van der Waals surface area contributed by atoms with Crippen molar-refractivity contribution in [3.63, 3.8) is 0 Å². The van der Waals surface area contributed by atoms with Gasteiger partial charge in [-0.25, -0.2) is 13.1 Å². The van der Waals surface area contributed by atoms with Crippen LogP contribution in [0.15, 0.2) is 53.4 Å². The second kappa shape index (κ2) is 8.32. The number of thioether (sulfide) groups is 1. The number of hydrogen-bond donors (Lipinski definition) is 2. The lowest BCUT2D eigenvalue weighted by Crippen LogP contribution is -2.18. The first-order valence-electron chi connectivity index (χ1n) is 7.37. The molecule has 0 aliphatic rings. The highest BCUT2D eigenvalue weighted by Gasteiger charge is 2.11. The molecule has 0 atom stereocenters. The maximum absolute atomic E-state index is 11.9. The molecule has 0 aromatic heterocycles. The van der Waals surface area contributed by atoms with Crippen molar-refractivity contribution >= 4 is 33.4 Å². The van der Waals surface area contributed by atoms with Gasteiger partial charge in [-0.2, -0.15) is 0 Å². The van der Waals surface area contributed by atoms with Crippen molar-refractivity contribution in [2.24, 2.45) is 0 Å². The molecule has 5 nitrogen and oxygen atoms in total. The summed E-state index contributed by atoms with van der Waals surface area (Å²) in [7, 11) is -2.10. The topological polar surface area (TPSA) is 75.3 Å². The quantitative estimate of drug-likeness (QED) is 0.792. The van der Waals surface area contributed by atoms with E-state index in [1.54, 1.807) is 12.1 Å². The molecule has 2 N–H and O–H groups in total. The molecule has 0 saturated heterocycles. The summed E-state index contributed by atoms with van der Waals surface area (Å²) in [4.78, 5) is 12.1. The van der Waals surface area contributed by atoms with Crippen molar-refractivity contribution in [1.82, 2.24) is 4.72 Å². The van der Waals surface area contributed by atoms with Gasteiger partial charge in [-0.1, -0.05) is 29.8 Å². The number of carbonyl (C=O) groups is 1. The van der Waals surface area contributed by atoms with Gasteiger partial charge >= 0.3 is 0 Å².